The molecule has 8 aromatic rings. The van der Waals surface area contributed by atoms with Crippen molar-refractivity contribution >= 4 is 23.1 Å². The lowest BCUT2D eigenvalue weighted by molar-refractivity contribution is 0.723. The Morgan fingerprint density at radius 1 is 0.440 bits per heavy atom. The molecule has 50 heavy (non-hydrogen) atoms. The van der Waals surface area contributed by atoms with E-state index in [4.69, 9.17) is 9.97 Å². The molecule has 1 spiro atoms. The predicted octanol–water partition coefficient (Wildman–Crippen LogP) is 12.3. The smallest absolute Gasteiger partial charge is 0.160 e. The Morgan fingerprint density at radius 2 is 1.00 bits per heavy atom. The zero-order valence-corrected chi connectivity index (χ0v) is 28.9. The first kappa shape index (κ1) is 29.4. The van der Waals surface area contributed by atoms with Gasteiger partial charge in [0.05, 0.1) is 21.7 Å². The van der Waals surface area contributed by atoms with Gasteiger partial charge in [0, 0.05) is 31.4 Å². The summed E-state index contributed by atoms with van der Waals surface area (Å²) in [4.78, 5) is 15.3. The van der Waals surface area contributed by atoms with Crippen molar-refractivity contribution in [3.8, 4) is 54.8 Å². The van der Waals surface area contributed by atoms with E-state index in [2.05, 4.69) is 146 Å². The van der Waals surface area contributed by atoms with Crippen LogP contribution in [0.25, 0.3) is 54.8 Å². The van der Waals surface area contributed by atoms with Gasteiger partial charge in [-0.25, -0.2) is 9.97 Å². The Kier molecular flexibility index (Phi) is 6.77. The average Bonchev–Trinajstić information content (AvgIpc) is 3.78. The third-order valence-electron chi connectivity index (χ3n) is 10.2. The highest BCUT2D eigenvalue weighted by Crippen LogP contribution is 2.62. The minimum atomic E-state index is -0.390. The van der Waals surface area contributed by atoms with Gasteiger partial charge in [-0.3, -0.25) is 0 Å². The fourth-order valence-electron chi connectivity index (χ4n) is 7.98. The zero-order chi connectivity index (χ0) is 33.2. The molecular formula is C46H30N2S2. The van der Waals surface area contributed by atoms with Crippen molar-refractivity contribution in [2.45, 2.75) is 22.1 Å². The molecule has 0 bridgehead atoms. The van der Waals surface area contributed by atoms with Gasteiger partial charge >= 0.3 is 0 Å². The molecule has 0 radical (unpaired) electrons. The van der Waals surface area contributed by atoms with Crippen LogP contribution in [0, 0.1) is 6.92 Å². The van der Waals surface area contributed by atoms with Crippen LogP contribution in [-0.2, 0) is 5.41 Å². The molecular weight excluding hydrogens is 645 g/mol. The summed E-state index contributed by atoms with van der Waals surface area (Å²) >= 11 is 3.69. The fourth-order valence-corrected chi connectivity index (χ4v) is 10.2. The Bertz CT molecular complexity index is 2540. The van der Waals surface area contributed by atoms with Gasteiger partial charge in [-0.15, -0.1) is 11.3 Å². The second-order valence-electron chi connectivity index (χ2n) is 12.9. The van der Waals surface area contributed by atoms with Crippen molar-refractivity contribution in [1.29, 1.82) is 0 Å². The van der Waals surface area contributed by atoms with E-state index in [1.165, 1.54) is 53.6 Å². The lowest BCUT2D eigenvalue weighted by Crippen LogP contribution is -2.32. The summed E-state index contributed by atoms with van der Waals surface area (Å²) in [5.74, 6) is 0.741. The summed E-state index contributed by atoms with van der Waals surface area (Å²) in [6.45, 7) is 2.15. The summed E-state index contributed by atoms with van der Waals surface area (Å²) in [5, 5.41) is 0. The maximum absolute atomic E-state index is 5.21. The van der Waals surface area contributed by atoms with Crippen LogP contribution in [0.4, 0.5) is 0 Å². The molecule has 0 atom stereocenters. The molecule has 0 unspecified atom stereocenters. The molecule has 4 heteroatoms. The van der Waals surface area contributed by atoms with E-state index in [1.54, 1.807) is 11.3 Å². The van der Waals surface area contributed by atoms with E-state index >= 15 is 0 Å². The van der Waals surface area contributed by atoms with E-state index in [0.717, 1.165) is 38.8 Å². The standard InChI is InChI=1S/C46H30N2S2/c1-29-43(30-14-4-2-5-15-30)47-45(31-16-6-3-7-17-31)48-44(29)42-27-26-39(49-42)32-24-25-41-38(28-32)46(37-22-12-13-23-40(37)50-41)35-20-10-8-18-33(35)34-19-9-11-21-36(34)46/h2-28H,1H3. The molecule has 0 saturated carbocycles. The van der Waals surface area contributed by atoms with Crippen LogP contribution in [0.5, 0.6) is 0 Å². The number of thiophene rings is 1. The predicted molar refractivity (Wildman–Crippen MR) is 208 cm³/mol. The average molecular weight is 675 g/mol. The molecule has 3 heterocycles. The van der Waals surface area contributed by atoms with E-state index in [1.807, 2.05) is 36.0 Å². The van der Waals surface area contributed by atoms with Gasteiger partial charge in [-0.1, -0.05) is 145 Å². The van der Waals surface area contributed by atoms with E-state index in [9.17, 15) is 0 Å². The second-order valence-corrected chi connectivity index (χ2v) is 15.1. The fraction of sp³-hybridized carbons (Fsp3) is 0.0435. The first-order valence-electron chi connectivity index (χ1n) is 16.9. The summed E-state index contributed by atoms with van der Waals surface area (Å²) in [6, 6.07) is 59.3. The number of benzene rings is 6. The van der Waals surface area contributed by atoms with E-state index in [0.29, 0.717) is 0 Å². The molecule has 0 fully saturated rings. The zero-order valence-electron chi connectivity index (χ0n) is 27.3. The molecule has 2 aromatic heterocycles. The van der Waals surface area contributed by atoms with Crippen molar-refractivity contribution < 1.29 is 0 Å². The lowest BCUT2D eigenvalue weighted by atomic mass is 9.67. The highest BCUT2D eigenvalue weighted by molar-refractivity contribution is 7.99. The molecule has 6 aromatic carbocycles. The first-order chi connectivity index (χ1) is 24.7. The number of fused-ring (bicyclic) bond motifs is 9. The topological polar surface area (TPSA) is 25.8 Å². The van der Waals surface area contributed by atoms with E-state index in [-0.39, 0.29) is 0 Å². The number of hydrogen-bond acceptors (Lipinski definition) is 4. The number of nitrogens with zero attached hydrogens (tertiary/aromatic N) is 2. The summed E-state index contributed by atoms with van der Waals surface area (Å²) in [7, 11) is 0. The van der Waals surface area contributed by atoms with Gasteiger partial charge < -0.3 is 0 Å². The monoisotopic (exact) mass is 674 g/mol. The molecule has 1 aliphatic heterocycles. The lowest BCUT2D eigenvalue weighted by Gasteiger charge is -2.39. The van der Waals surface area contributed by atoms with Crippen LogP contribution in [0.3, 0.4) is 0 Å². The van der Waals surface area contributed by atoms with Gasteiger partial charge in [-0.2, -0.15) is 0 Å². The third-order valence-corrected chi connectivity index (χ3v) is 12.5. The van der Waals surface area contributed by atoms with Crippen molar-refractivity contribution in [3.63, 3.8) is 0 Å². The number of aromatic nitrogens is 2. The minimum Gasteiger partial charge on any atom is -0.228 e. The summed E-state index contributed by atoms with van der Waals surface area (Å²) < 4.78 is 0. The minimum absolute atomic E-state index is 0.390. The van der Waals surface area contributed by atoms with Crippen molar-refractivity contribution in [1.82, 2.24) is 9.97 Å². The van der Waals surface area contributed by atoms with Gasteiger partial charge in [0.25, 0.3) is 0 Å². The van der Waals surface area contributed by atoms with Crippen LogP contribution in [-0.4, -0.2) is 9.97 Å². The van der Waals surface area contributed by atoms with Crippen LogP contribution >= 0.6 is 23.1 Å². The molecule has 2 aliphatic rings. The maximum Gasteiger partial charge on any atom is 0.160 e. The van der Waals surface area contributed by atoms with Crippen LogP contribution in [0.2, 0.25) is 0 Å². The quantitative estimate of drug-likeness (QED) is 0.186. The van der Waals surface area contributed by atoms with Crippen molar-refractivity contribution in [2.75, 3.05) is 0 Å². The van der Waals surface area contributed by atoms with Crippen molar-refractivity contribution in [2.24, 2.45) is 0 Å². The third kappa shape index (κ3) is 4.35. The van der Waals surface area contributed by atoms with Crippen molar-refractivity contribution in [3.05, 3.63) is 192 Å². The largest absolute Gasteiger partial charge is 0.228 e. The Hall–Kier alpha value is -5.55. The molecule has 10 rings (SSSR count). The van der Waals surface area contributed by atoms with Crippen LogP contribution in [0.1, 0.15) is 27.8 Å². The Balaban J connectivity index is 1.15. The molecule has 2 nitrogen and oxygen atoms in total. The van der Waals surface area contributed by atoms with Gasteiger partial charge in [-0.05, 0) is 76.2 Å². The Labute approximate surface area is 300 Å². The SMILES string of the molecule is Cc1c(-c2ccccc2)nc(-c2ccccc2)nc1-c1ccc(-c2ccc3c(c2)C2(c4ccccc4S3)c3ccccc3-c3ccccc32)s1. The molecule has 0 N–H and O–H groups in total. The number of hydrogen-bond donors (Lipinski definition) is 0. The summed E-state index contributed by atoms with van der Waals surface area (Å²) in [5.41, 5.74) is 14.0. The Morgan fingerprint density at radius 3 is 1.72 bits per heavy atom. The second kappa shape index (κ2) is 11.5. The van der Waals surface area contributed by atoms with Gasteiger partial charge in [0.1, 0.15) is 0 Å². The first-order valence-corrected chi connectivity index (χ1v) is 18.5. The van der Waals surface area contributed by atoms with E-state index < -0.39 is 5.41 Å². The van der Waals surface area contributed by atoms with Crippen LogP contribution < -0.4 is 0 Å². The van der Waals surface area contributed by atoms with Gasteiger partial charge in [0.2, 0.25) is 0 Å². The normalized spacial score (nSPS) is 13.4. The summed E-state index contributed by atoms with van der Waals surface area (Å²) in [6.07, 6.45) is 0. The van der Waals surface area contributed by atoms with Gasteiger partial charge in [0.15, 0.2) is 5.82 Å². The number of rotatable bonds is 4. The molecule has 0 saturated heterocycles. The highest BCUT2D eigenvalue weighted by Gasteiger charge is 2.50. The maximum atomic E-state index is 5.21. The molecule has 236 valence electrons. The van der Waals surface area contributed by atoms with Crippen LogP contribution in [0.15, 0.2) is 174 Å². The molecule has 0 amide bonds. The highest BCUT2D eigenvalue weighted by atomic mass is 32.2. The molecule has 1 aliphatic carbocycles.